The fourth-order valence-corrected chi connectivity index (χ4v) is 5.19. The molecule has 0 radical (unpaired) electrons. The third kappa shape index (κ3) is 7.65. The van der Waals surface area contributed by atoms with Gasteiger partial charge in [0, 0.05) is 24.8 Å². The van der Waals surface area contributed by atoms with E-state index >= 15 is 0 Å². The van der Waals surface area contributed by atoms with E-state index in [1.165, 1.54) is 18.2 Å². The van der Waals surface area contributed by atoms with Crippen LogP contribution in [0.5, 0.6) is 0 Å². The molecule has 2 aliphatic rings. The molecule has 2 fully saturated rings. The lowest BCUT2D eigenvalue weighted by atomic mass is 10.1. The van der Waals surface area contributed by atoms with Gasteiger partial charge in [-0.25, -0.2) is 0 Å². The van der Waals surface area contributed by atoms with Gasteiger partial charge < -0.3 is 20.3 Å². The van der Waals surface area contributed by atoms with Crippen LogP contribution in [0.15, 0.2) is 30.3 Å². The van der Waals surface area contributed by atoms with Crippen LogP contribution in [0.1, 0.15) is 28.1 Å². The number of ether oxygens (including phenoxy) is 1. The van der Waals surface area contributed by atoms with Gasteiger partial charge >= 0.3 is 12.4 Å². The summed E-state index contributed by atoms with van der Waals surface area (Å²) in [5.74, 6) is -2.42. The van der Waals surface area contributed by atoms with Crippen molar-refractivity contribution in [3.05, 3.63) is 45.1 Å². The zero-order valence-electron chi connectivity index (χ0n) is 20.6. The largest absolute Gasteiger partial charge is 0.418 e. The van der Waals surface area contributed by atoms with E-state index in [-0.39, 0.29) is 34.7 Å². The van der Waals surface area contributed by atoms with E-state index in [1.807, 2.05) is 0 Å². The highest BCUT2D eigenvalue weighted by Crippen LogP contribution is 2.38. The second-order valence-electron chi connectivity index (χ2n) is 9.16. The first-order valence-corrected chi connectivity index (χ1v) is 13.2. The molecule has 218 valence electrons. The number of anilines is 2. The molecular formula is C24H23ClF6N4O4S. The van der Waals surface area contributed by atoms with Crippen molar-refractivity contribution < 1.29 is 45.5 Å². The van der Waals surface area contributed by atoms with Crippen LogP contribution in [0.3, 0.4) is 0 Å². The van der Waals surface area contributed by atoms with E-state index in [2.05, 4.69) is 10.6 Å². The fraction of sp³-hybridized carbons (Fsp3) is 0.458. The van der Waals surface area contributed by atoms with Gasteiger partial charge in [0.25, 0.3) is 11.8 Å². The molecule has 4 rings (SSSR count). The lowest BCUT2D eigenvalue weighted by Gasteiger charge is -2.32. The number of nitrogens with one attached hydrogen (secondary N) is 2. The fourth-order valence-electron chi connectivity index (χ4n) is 4.23. The van der Waals surface area contributed by atoms with Crippen LogP contribution in [0.2, 0.25) is 4.34 Å². The normalized spacial score (nSPS) is 17.2. The predicted molar refractivity (Wildman–Crippen MR) is 134 cm³/mol. The molecule has 1 aliphatic heterocycles. The van der Waals surface area contributed by atoms with Crippen molar-refractivity contribution >= 4 is 52.0 Å². The topological polar surface area (TPSA) is 91.0 Å². The number of carbonyl (C=O) groups is 3. The smallest absolute Gasteiger partial charge is 0.370 e. The van der Waals surface area contributed by atoms with Crippen LogP contribution < -0.4 is 15.5 Å². The van der Waals surface area contributed by atoms with Gasteiger partial charge in [-0.15, -0.1) is 11.3 Å². The van der Waals surface area contributed by atoms with Gasteiger partial charge in [-0.05, 0) is 43.2 Å². The summed E-state index contributed by atoms with van der Waals surface area (Å²) in [6, 6.07) is 3.37. The van der Waals surface area contributed by atoms with Crippen LogP contribution in [0.25, 0.3) is 0 Å². The molecule has 40 heavy (non-hydrogen) atoms. The van der Waals surface area contributed by atoms with E-state index in [0.29, 0.717) is 18.9 Å². The lowest BCUT2D eigenvalue weighted by molar-refractivity contribution is -0.155. The lowest BCUT2D eigenvalue weighted by Crippen LogP contribution is -2.54. The van der Waals surface area contributed by atoms with Gasteiger partial charge in [0.05, 0.1) is 33.6 Å². The molecule has 1 saturated carbocycles. The van der Waals surface area contributed by atoms with Crippen LogP contribution in [-0.4, -0.2) is 73.7 Å². The number of benzene rings is 1. The average Bonchev–Trinajstić information content (AvgIpc) is 3.62. The molecule has 0 spiro atoms. The third-order valence-corrected chi connectivity index (χ3v) is 7.43. The highest BCUT2D eigenvalue weighted by molar-refractivity contribution is 7.18. The minimum Gasteiger partial charge on any atom is -0.370 e. The van der Waals surface area contributed by atoms with Crippen molar-refractivity contribution in [2.45, 2.75) is 37.3 Å². The Bertz CT molecular complexity index is 1270. The summed E-state index contributed by atoms with van der Waals surface area (Å²) in [6.07, 6.45) is -8.98. The standard InChI is InChI=1S/C24H23ClF6N4O4S/c25-19-6-5-18(40-19)22(38)32-10-17(35(13-1-2-13)12-23(26,27)28)21(37)33-16-4-3-14(9-15(16)24(29,30)31)34-7-8-39-11-20(34)36/h3-6,9,13,17H,1-2,7-8,10-12H2,(H,32,38)(H,33,37)/t17-/m0/s1. The number of amides is 3. The Kier molecular flexibility index (Phi) is 8.97. The summed E-state index contributed by atoms with van der Waals surface area (Å²) in [5.41, 5.74) is -2.07. The zero-order valence-corrected chi connectivity index (χ0v) is 22.1. The van der Waals surface area contributed by atoms with E-state index in [9.17, 15) is 40.7 Å². The Morgan fingerprint density at radius 3 is 2.45 bits per heavy atom. The minimum atomic E-state index is -4.97. The van der Waals surface area contributed by atoms with Gasteiger partial charge in [0.2, 0.25) is 5.91 Å². The summed E-state index contributed by atoms with van der Waals surface area (Å²) in [5, 5.41) is 4.50. The van der Waals surface area contributed by atoms with Crippen LogP contribution in [0, 0.1) is 0 Å². The summed E-state index contributed by atoms with van der Waals surface area (Å²) < 4.78 is 87.6. The highest BCUT2D eigenvalue weighted by atomic mass is 35.5. The summed E-state index contributed by atoms with van der Waals surface area (Å²) in [7, 11) is 0. The molecular weight excluding hydrogens is 590 g/mol. The van der Waals surface area contributed by atoms with Gasteiger partial charge in [0.15, 0.2) is 0 Å². The van der Waals surface area contributed by atoms with Gasteiger partial charge in [-0.2, -0.15) is 26.3 Å². The molecule has 16 heteroatoms. The monoisotopic (exact) mass is 612 g/mol. The molecule has 1 aromatic carbocycles. The Labute approximate surface area is 233 Å². The maximum Gasteiger partial charge on any atom is 0.418 e. The molecule has 0 unspecified atom stereocenters. The second kappa shape index (κ2) is 11.9. The van der Waals surface area contributed by atoms with Crippen molar-refractivity contribution in [1.82, 2.24) is 10.2 Å². The molecule has 8 nitrogen and oxygen atoms in total. The van der Waals surface area contributed by atoms with Crippen molar-refractivity contribution in [3.8, 4) is 0 Å². The van der Waals surface area contributed by atoms with Gasteiger partial charge in [-0.3, -0.25) is 19.3 Å². The molecule has 2 N–H and O–H groups in total. The number of rotatable bonds is 9. The Balaban J connectivity index is 1.61. The maximum atomic E-state index is 14.0. The number of hydrogen-bond donors (Lipinski definition) is 2. The first-order valence-electron chi connectivity index (χ1n) is 12.0. The SMILES string of the molecule is O=C(NC[C@@H](C(=O)Nc1ccc(N2CCOCC2=O)cc1C(F)(F)F)N(CC(F)(F)F)C1CC1)c1ccc(Cl)s1. The number of hydrogen-bond acceptors (Lipinski definition) is 6. The summed E-state index contributed by atoms with van der Waals surface area (Å²) in [6.45, 7) is -2.27. The molecule has 1 aromatic heterocycles. The number of halogens is 7. The Morgan fingerprint density at radius 2 is 1.88 bits per heavy atom. The van der Waals surface area contributed by atoms with Crippen molar-refractivity contribution in [3.63, 3.8) is 0 Å². The molecule has 2 heterocycles. The molecule has 3 amide bonds. The van der Waals surface area contributed by atoms with E-state index in [1.54, 1.807) is 0 Å². The number of morpholine rings is 1. The first kappa shape index (κ1) is 30.1. The predicted octanol–water partition coefficient (Wildman–Crippen LogP) is 4.55. The van der Waals surface area contributed by atoms with Gasteiger partial charge in [-0.1, -0.05) is 11.6 Å². The van der Waals surface area contributed by atoms with Crippen molar-refractivity contribution in [2.75, 3.05) is 43.1 Å². The molecule has 1 atom stereocenters. The number of alkyl halides is 6. The van der Waals surface area contributed by atoms with Gasteiger partial charge in [0.1, 0.15) is 12.6 Å². The van der Waals surface area contributed by atoms with E-state index < -0.39 is 66.5 Å². The van der Waals surface area contributed by atoms with Crippen molar-refractivity contribution in [1.29, 1.82) is 0 Å². The molecule has 1 aliphatic carbocycles. The van der Waals surface area contributed by atoms with Crippen molar-refractivity contribution in [2.24, 2.45) is 0 Å². The first-order chi connectivity index (χ1) is 18.7. The number of thiophene rings is 1. The summed E-state index contributed by atoms with van der Waals surface area (Å²) >= 11 is 6.73. The molecule has 1 saturated heterocycles. The summed E-state index contributed by atoms with van der Waals surface area (Å²) in [4.78, 5) is 40.0. The maximum absolute atomic E-state index is 14.0. The van der Waals surface area contributed by atoms with E-state index in [4.69, 9.17) is 16.3 Å². The Morgan fingerprint density at radius 1 is 1.15 bits per heavy atom. The highest BCUT2D eigenvalue weighted by Gasteiger charge is 2.44. The zero-order chi connectivity index (χ0) is 29.2. The van der Waals surface area contributed by atoms with Crippen LogP contribution in [-0.2, 0) is 20.5 Å². The number of carbonyl (C=O) groups excluding carboxylic acids is 3. The second-order valence-corrected chi connectivity index (χ2v) is 10.9. The van der Waals surface area contributed by atoms with Crippen LogP contribution >= 0.6 is 22.9 Å². The molecule has 2 aromatic rings. The van der Waals surface area contributed by atoms with E-state index in [0.717, 1.165) is 27.2 Å². The average molecular weight is 613 g/mol. The quantitative estimate of drug-likeness (QED) is 0.406. The molecule has 0 bridgehead atoms. The van der Waals surface area contributed by atoms with Crippen LogP contribution in [0.4, 0.5) is 37.7 Å². The number of nitrogens with zero attached hydrogens (tertiary/aromatic N) is 2. The Hall–Kier alpha value is -2.88. The third-order valence-electron chi connectivity index (χ3n) is 6.20. The minimum absolute atomic E-state index is 0.0207.